The average molecular weight is 293 g/mol. The summed E-state index contributed by atoms with van der Waals surface area (Å²) in [6, 6.07) is 6.75. The van der Waals surface area contributed by atoms with Crippen LogP contribution in [0.3, 0.4) is 0 Å². The minimum Gasteiger partial charge on any atom is -0.469 e. The summed E-state index contributed by atoms with van der Waals surface area (Å²) in [5.41, 5.74) is 1.68. The van der Waals surface area contributed by atoms with Gasteiger partial charge in [-0.3, -0.25) is 9.59 Å². The van der Waals surface area contributed by atoms with Gasteiger partial charge in [-0.25, -0.2) is 0 Å². The van der Waals surface area contributed by atoms with Gasteiger partial charge in [0, 0.05) is 19.3 Å². The van der Waals surface area contributed by atoms with Gasteiger partial charge < -0.3 is 14.8 Å². The van der Waals surface area contributed by atoms with Crippen molar-refractivity contribution in [2.45, 2.75) is 25.8 Å². The molecular formula is C16H23NO4. The fourth-order valence-electron chi connectivity index (χ4n) is 1.92. The van der Waals surface area contributed by atoms with Crippen LogP contribution in [0.5, 0.6) is 0 Å². The highest BCUT2D eigenvalue weighted by Crippen LogP contribution is 2.09. The maximum absolute atomic E-state index is 12.5. The normalized spacial score (nSPS) is 12.0. The average Bonchev–Trinajstić information content (AvgIpc) is 2.50. The molecule has 21 heavy (non-hydrogen) atoms. The summed E-state index contributed by atoms with van der Waals surface area (Å²) in [5, 5.41) is 3.10. The van der Waals surface area contributed by atoms with E-state index in [1.165, 1.54) is 7.11 Å². The van der Waals surface area contributed by atoms with E-state index in [1.807, 2.05) is 19.1 Å². The molecule has 116 valence electrons. The first-order chi connectivity index (χ1) is 10.1. The molecule has 1 aromatic carbocycles. The molecule has 0 spiro atoms. The summed E-state index contributed by atoms with van der Waals surface area (Å²) in [4.78, 5) is 23.9. The van der Waals surface area contributed by atoms with Crippen LogP contribution in [-0.4, -0.2) is 45.2 Å². The second-order valence-electron chi connectivity index (χ2n) is 4.86. The van der Waals surface area contributed by atoms with Crippen LogP contribution in [0.2, 0.25) is 0 Å². The minimum atomic E-state index is -0.572. The van der Waals surface area contributed by atoms with E-state index in [2.05, 4.69) is 10.1 Å². The van der Waals surface area contributed by atoms with Crippen molar-refractivity contribution in [3.05, 3.63) is 35.4 Å². The van der Waals surface area contributed by atoms with Crippen LogP contribution in [0.25, 0.3) is 0 Å². The molecule has 0 bridgehead atoms. The van der Waals surface area contributed by atoms with Gasteiger partial charge in [0.1, 0.15) is 0 Å². The van der Waals surface area contributed by atoms with Crippen molar-refractivity contribution < 1.29 is 19.1 Å². The van der Waals surface area contributed by atoms with Crippen molar-refractivity contribution in [3.63, 3.8) is 0 Å². The zero-order valence-electron chi connectivity index (χ0n) is 12.8. The number of nitrogens with one attached hydrogen (secondary N) is 1. The molecule has 0 heterocycles. The molecule has 1 N–H and O–H groups in total. The van der Waals surface area contributed by atoms with Gasteiger partial charge in [-0.05, 0) is 19.9 Å². The van der Waals surface area contributed by atoms with Crippen molar-refractivity contribution in [3.8, 4) is 0 Å². The molecule has 5 nitrogen and oxygen atoms in total. The molecule has 1 aromatic rings. The quantitative estimate of drug-likeness (QED) is 0.427. The lowest BCUT2D eigenvalue weighted by Crippen LogP contribution is -2.39. The molecule has 0 saturated heterocycles. The fourth-order valence-corrected chi connectivity index (χ4v) is 1.92. The topological polar surface area (TPSA) is 64.6 Å². The number of ether oxygens (including phenoxy) is 2. The van der Waals surface area contributed by atoms with Gasteiger partial charge in [0.05, 0.1) is 19.6 Å². The highest BCUT2D eigenvalue weighted by atomic mass is 16.5. The Morgan fingerprint density at radius 2 is 1.86 bits per heavy atom. The Hall–Kier alpha value is -1.72. The van der Waals surface area contributed by atoms with Crippen molar-refractivity contribution in [2.75, 3.05) is 27.4 Å². The third-order valence-electron chi connectivity index (χ3n) is 3.17. The van der Waals surface area contributed by atoms with E-state index >= 15 is 0 Å². The molecule has 0 aliphatic heterocycles. The molecule has 0 radical (unpaired) electrons. The molecule has 0 aliphatic carbocycles. The number of rotatable bonds is 9. The largest absolute Gasteiger partial charge is 0.469 e. The Kier molecular flexibility index (Phi) is 7.64. The van der Waals surface area contributed by atoms with Crippen molar-refractivity contribution in [2.24, 2.45) is 0 Å². The van der Waals surface area contributed by atoms with Crippen LogP contribution in [-0.2, 0) is 14.3 Å². The second-order valence-corrected chi connectivity index (χ2v) is 4.86. The van der Waals surface area contributed by atoms with E-state index in [1.54, 1.807) is 19.2 Å². The van der Waals surface area contributed by atoms with Gasteiger partial charge in [-0.1, -0.05) is 29.8 Å². The van der Waals surface area contributed by atoms with Gasteiger partial charge >= 0.3 is 5.97 Å². The zero-order valence-corrected chi connectivity index (χ0v) is 12.8. The standard InChI is InChI=1S/C16H23NO4/c1-12-5-7-13(8-6-12)16(19)14(11-15(18)21-3)17-9-4-10-20-2/h5-8,14,17H,4,9-11H2,1-3H3. The molecule has 0 aliphatic rings. The van der Waals surface area contributed by atoms with Gasteiger partial charge in [0.2, 0.25) is 0 Å². The lowest BCUT2D eigenvalue weighted by atomic mass is 10.0. The van der Waals surface area contributed by atoms with E-state index in [0.717, 1.165) is 12.0 Å². The fraction of sp³-hybridized carbons (Fsp3) is 0.500. The monoisotopic (exact) mass is 293 g/mol. The van der Waals surface area contributed by atoms with Crippen LogP contribution < -0.4 is 5.32 Å². The maximum Gasteiger partial charge on any atom is 0.307 e. The lowest BCUT2D eigenvalue weighted by molar-refractivity contribution is -0.140. The van der Waals surface area contributed by atoms with Crippen LogP contribution in [0.15, 0.2) is 24.3 Å². The Bertz CT molecular complexity index is 456. The minimum absolute atomic E-state index is 0.0240. The lowest BCUT2D eigenvalue weighted by Gasteiger charge is -2.16. The summed E-state index contributed by atoms with van der Waals surface area (Å²) in [5.74, 6) is -0.502. The van der Waals surface area contributed by atoms with E-state index < -0.39 is 12.0 Å². The van der Waals surface area contributed by atoms with Crippen LogP contribution in [0.1, 0.15) is 28.8 Å². The van der Waals surface area contributed by atoms with Crippen molar-refractivity contribution in [1.82, 2.24) is 5.32 Å². The molecule has 1 atom stereocenters. The third kappa shape index (κ3) is 6.06. The highest BCUT2D eigenvalue weighted by molar-refractivity contribution is 6.01. The predicted molar refractivity (Wildman–Crippen MR) is 80.4 cm³/mol. The summed E-state index contributed by atoms with van der Waals surface area (Å²) in [6.45, 7) is 3.17. The van der Waals surface area contributed by atoms with Crippen molar-refractivity contribution in [1.29, 1.82) is 0 Å². The third-order valence-corrected chi connectivity index (χ3v) is 3.17. The molecule has 0 aromatic heterocycles. The van der Waals surface area contributed by atoms with Gasteiger partial charge in [0.15, 0.2) is 5.78 Å². The van der Waals surface area contributed by atoms with E-state index in [9.17, 15) is 9.59 Å². The van der Waals surface area contributed by atoms with E-state index in [4.69, 9.17) is 4.74 Å². The Balaban J connectivity index is 2.71. The first-order valence-corrected chi connectivity index (χ1v) is 6.98. The Labute approximate surface area is 125 Å². The Morgan fingerprint density at radius 3 is 2.43 bits per heavy atom. The second kappa shape index (κ2) is 9.26. The predicted octanol–water partition coefficient (Wildman–Crippen LogP) is 1.74. The van der Waals surface area contributed by atoms with E-state index in [0.29, 0.717) is 18.7 Å². The number of ketones is 1. The maximum atomic E-state index is 12.5. The summed E-state index contributed by atoms with van der Waals surface area (Å²) in [6.07, 6.45) is 0.797. The summed E-state index contributed by atoms with van der Waals surface area (Å²) < 4.78 is 9.63. The van der Waals surface area contributed by atoms with Gasteiger partial charge in [0.25, 0.3) is 0 Å². The molecule has 0 amide bonds. The number of carbonyl (C=O) groups excluding carboxylic acids is 2. The smallest absolute Gasteiger partial charge is 0.307 e. The molecule has 1 unspecified atom stereocenters. The molecular weight excluding hydrogens is 270 g/mol. The molecule has 0 saturated carbocycles. The first-order valence-electron chi connectivity index (χ1n) is 6.98. The van der Waals surface area contributed by atoms with E-state index in [-0.39, 0.29) is 12.2 Å². The number of benzene rings is 1. The number of hydrogen-bond acceptors (Lipinski definition) is 5. The summed E-state index contributed by atoms with van der Waals surface area (Å²) >= 11 is 0. The van der Waals surface area contributed by atoms with Gasteiger partial charge in [-0.2, -0.15) is 0 Å². The summed E-state index contributed by atoms with van der Waals surface area (Å²) in [7, 11) is 2.95. The number of carbonyl (C=O) groups is 2. The van der Waals surface area contributed by atoms with Crippen LogP contribution in [0, 0.1) is 6.92 Å². The highest BCUT2D eigenvalue weighted by Gasteiger charge is 2.22. The van der Waals surface area contributed by atoms with Gasteiger partial charge in [-0.15, -0.1) is 0 Å². The zero-order chi connectivity index (χ0) is 15.7. The molecule has 0 fully saturated rings. The first kappa shape index (κ1) is 17.3. The number of aryl methyl sites for hydroxylation is 1. The number of hydrogen-bond donors (Lipinski definition) is 1. The SMILES string of the molecule is COCCCNC(CC(=O)OC)C(=O)c1ccc(C)cc1. The number of methoxy groups -OCH3 is 2. The molecule has 5 heteroatoms. The number of Topliss-reactive ketones (excluding diaryl/α,β-unsaturated/α-hetero) is 1. The van der Waals surface area contributed by atoms with Crippen molar-refractivity contribution >= 4 is 11.8 Å². The number of esters is 1. The molecule has 1 rings (SSSR count). The van der Waals surface area contributed by atoms with Crippen LogP contribution >= 0.6 is 0 Å². The Morgan fingerprint density at radius 1 is 1.19 bits per heavy atom. The van der Waals surface area contributed by atoms with Crippen LogP contribution in [0.4, 0.5) is 0 Å².